The molecule has 1 saturated heterocycles. The maximum Gasteiger partial charge on any atom is 0.307 e. The predicted octanol–water partition coefficient (Wildman–Crippen LogP) is 2.34. The number of amides is 1. The molecule has 23 heavy (non-hydrogen) atoms. The molecule has 5 heteroatoms. The van der Waals surface area contributed by atoms with Crippen LogP contribution in [0.5, 0.6) is 5.75 Å². The summed E-state index contributed by atoms with van der Waals surface area (Å²) in [6, 6.07) is 8.03. The number of likely N-dealkylation sites (tertiary alicyclic amines) is 1. The zero-order valence-electron chi connectivity index (χ0n) is 13.4. The molecule has 3 unspecified atom stereocenters. The van der Waals surface area contributed by atoms with Crippen molar-refractivity contribution in [2.45, 2.75) is 38.1 Å². The molecule has 1 aromatic rings. The predicted molar refractivity (Wildman–Crippen MR) is 85.3 cm³/mol. The van der Waals surface area contributed by atoms with Crippen LogP contribution in [0, 0.1) is 11.8 Å². The summed E-state index contributed by atoms with van der Waals surface area (Å²) >= 11 is 0. The summed E-state index contributed by atoms with van der Waals surface area (Å²) in [6.07, 6.45) is 4.04. The zero-order chi connectivity index (χ0) is 16.4. The lowest BCUT2D eigenvalue weighted by atomic mass is 9.72. The maximum atomic E-state index is 12.7. The third-order valence-corrected chi connectivity index (χ3v) is 5.22. The average molecular weight is 317 g/mol. The van der Waals surface area contributed by atoms with Crippen LogP contribution in [-0.4, -0.2) is 41.6 Å². The van der Waals surface area contributed by atoms with E-state index in [9.17, 15) is 14.7 Å². The van der Waals surface area contributed by atoms with Crippen LogP contribution in [-0.2, 0) is 16.0 Å². The van der Waals surface area contributed by atoms with Gasteiger partial charge < -0.3 is 14.7 Å². The molecule has 0 bridgehead atoms. The monoisotopic (exact) mass is 317 g/mol. The van der Waals surface area contributed by atoms with E-state index < -0.39 is 11.9 Å². The van der Waals surface area contributed by atoms with Gasteiger partial charge in [0.25, 0.3) is 0 Å². The van der Waals surface area contributed by atoms with Crippen LogP contribution in [0.4, 0.5) is 0 Å². The van der Waals surface area contributed by atoms with Crippen LogP contribution >= 0.6 is 0 Å². The Labute approximate surface area is 136 Å². The number of aliphatic carboxylic acids is 1. The average Bonchev–Trinajstić information content (AvgIpc) is 2.94. The second kappa shape index (κ2) is 6.60. The van der Waals surface area contributed by atoms with Crippen molar-refractivity contribution >= 4 is 11.9 Å². The van der Waals surface area contributed by atoms with Crippen LogP contribution in [0.25, 0.3) is 0 Å². The molecule has 0 radical (unpaired) electrons. The van der Waals surface area contributed by atoms with Gasteiger partial charge in [0.2, 0.25) is 5.91 Å². The molecule has 2 fully saturated rings. The molecule has 1 aliphatic heterocycles. The number of carbonyl (C=O) groups is 2. The Kier molecular flexibility index (Phi) is 4.55. The number of benzene rings is 1. The summed E-state index contributed by atoms with van der Waals surface area (Å²) in [7, 11) is 1.65. The molecular weight excluding hydrogens is 294 g/mol. The van der Waals surface area contributed by atoms with Crippen molar-refractivity contribution in [1.29, 1.82) is 0 Å². The van der Waals surface area contributed by atoms with Gasteiger partial charge in [0.15, 0.2) is 0 Å². The highest BCUT2D eigenvalue weighted by Crippen LogP contribution is 2.38. The van der Waals surface area contributed by atoms with Gasteiger partial charge in [0.1, 0.15) is 5.75 Å². The molecule has 3 atom stereocenters. The van der Waals surface area contributed by atoms with Crippen molar-refractivity contribution in [1.82, 2.24) is 4.90 Å². The molecule has 1 heterocycles. The Hall–Kier alpha value is -2.04. The Morgan fingerprint density at radius 2 is 1.96 bits per heavy atom. The Balaban J connectivity index is 1.70. The van der Waals surface area contributed by atoms with Gasteiger partial charge in [-0.05, 0) is 43.7 Å². The smallest absolute Gasteiger partial charge is 0.307 e. The summed E-state index contributed by atoms with van der Waals surface area (Å²) in [4.78, 5) is 25.8. The second-order valence-electron chi connectivity index (χ2n) is 6.47. The number of para-hydroxylation sites is 1. The zero-order valence-corrected chi connectivity index (χ0v) is 13.4. The van der Waals surface area contributed by atoms with Gasteiger partial charge in [0, 0.05) is 12.6 Å². The number of rotatable bonds is 5. The van der Waals surface area contributed by atoms with Gasteiger partial charge in [-0.3, -0.25) is 9.59 Å². The van der Waals surface area contributed by atoms with Gasteiger partial charge >= 0.3 is 5.97 Å². The van der Waals surface area contributed by atoms with Crippen molar-refractivity contribution in [3.8, 4) is 5.75 Å². The first-order valence-corrected chi connectivity index (χ1v) is 8.27. The fourth-order valence-electron chi connectivity index (χ4n) is 3.77. The van der Waals surface area contributed by atoms with Gasteiger partial charge in [-0.1, -0.05) is 18.2 Å². The van der Waals surface area contributed by atoms with Crippen LogP contribution in [0.3, 0.4) is 0 Å². The molecule has 2 aliphatic rings. The van der Waals surface area contributed by atoms with Gasteiger partial charge in [-0.25, -0.2) is 0 Å². The van der Waals surface area contributed by atoms with E-state index in [4.69, 9.17) is 4.74 Å². The van der Waals surface area contributed by atoms with E-state index in [1.54, 1.807) is 7.11 Å². The molecule has 3 rings (SSSR count). The van der Waals surface area contributed by atoms with Crippen molar-refractivity contribution in [3.63, 3.8) is 0 Å². The number of nitrogens with zero attached hydrogens (tertiary/aromatic N) is 1. The Morgan fingerprint density at radius 1 is 1.22 bits per heavy atom. The van der Waals surface area contributed by atoms with Gasteiger partial charge in [-0.2, -0.15) is 0 Å². The molecule has 1 saturated carbocycles. The normalized spacial score (nSPS) is 26.7. The molecule has 1 aromatic carbocycles. The minimum Gasteiger partial charge on any atom is -0.496 e. The van der Waals surface area contributed by atoms with E-state index in [1.165, 1.54) is 0 Å². The van der Waals surface area contributed by atoms with E-state index in [0.717, 1.165) is 37.1 Å². The van der Waals surface area contributed by atoms with Gasteiger partial charge in [0.05, 0.1) is 18.9 Å². The molecule has 1 amide bonds. The van der Waals surface area contributed by atoms with Crippen LogP contribution < -0.4 is 4.74 Å². The van der Waals surface area contributed by atoms with E-state index in [0.29, 0.717) is 12.8 Å². The number of methoxy groups -OCH3 is 1. The van der Waals surface area contributed by atoms with Crippen molar-refractivity contribution in [2.75, 3.05) is 13.7 Å². The lowest BCUT2D eigenvalue weighted by molar-refractivity contribution is -0.157. The largest absolute Gasteiger partial charge is 0.496 e. The summed E-state index contributed by atoms with van der Waals surface area (Å²) in [5.74, 6) is -0.782. The molecule has 1 aliphatic carbocycles. The topological polar surface area (TPSA) is 66.8 Å². The van der Waals surface area contributed by atoms with Crippen LogP contribution in [0.1, 0.15) is 31.2 Å². The SMILES string of the molecule is COc1ccccc1CC1CCCN1C(=O)C1CCC1C(=O)O. The number of carbonyl (C=O) groups excluding carboxylic acids is 1. The quantitative estimate of drug-likeness (QED) is 0.905. The highest BCUT2D eigenvalue weighted by molar-refractivity contribution is 5.86. The minimum atomic E-state index is -0.838. The van der Waals surface area contributed by atoms with Crippen molar-refractivity contribution in [3.05, 3.63) is 29.8 Å². The lowest BCUT2D eigenvalue weighted by Gasteiger charge is -2.37. The Morgan fingerprint density at radius 3 is 2.61 bits per heavy atom. The fraction of sp³-hybridized carbons (Fsp3) is 0.556. The first kappa shape index (κ1) is 15.8. The molecule has 124 valence electrons. The van der Waals surface area contributed by atoms with Crippen molar-refractivity contribution < 1.29 is 19.4 Å². The molecule has 0 aromatic heterocycles. The number of hydrogen-bond donors (Lipinski definition) is 1. The molecular formula is C18H23NO4. The first-order valence-electron chi connectivity index (χ1n) is 8.27. The Bertz CT molecular complexity index is 600. The van der Waals surface area contributed by atoms with Gasteiger partial charge in [-0.15, -0.1) is 0 Å². The van der Waals surface area contributed by atoms with Crippen LogP contribution in [0.15, 0.2) is 24.3 Å². The fourth-order valence-corrected chi connectivity index (χ4v) is 3.77. The maximum absolute atomic E-state index is 12.7. The van der Waals surface area contributed by atoms with Crippen LogP contribution in [0.2, 0.25) is 0 Å². The van der Waals surface area contributed by atoms with E-state index in [-0.39, 0.29) is 17.9 Å². The minimum absolute atomic E-state index is 0.0287. The molecule has 0 spiro atoms. The number of hydrogen-bond acceptors (Lipinski definition) is 3. The number of carboxylic acid groups (broad SMARTS) is 1. The lowest BCUT2D eigenvalue weighted by Crippen LogP contribution is -2.48. The first-order chi connectivity index (χ1) is 11.1. The van der Waals surface area contributed by atoms with E-state index in [2.05, 4.69) is 0 Å². The van der Waals surface area contributed by atoms with Crippen molar-refractivity contribution in [2.24, 2.45) is 11.8 Å². The summed E-state index contributed by atoms with van der Waals surface area (Å²) in [6.45, 7) is 0.738. The third-order valence-electron chi connectivity index (χ3n) is 5.22. The highest BCUT2D eigenvalue weighted by atomic mass is 16.5. The standard InChI is InChI=1S/C18H23NO4/c1-23-16-7-3-2-5-12(16)11-13-6-4-10-19(13)17(20)14-8-9-15(14)18(21)22/h2-3,5,7,13-15H,4,6,8-11H2,1H3,(H,21,22). The second-order valence-corrected chi connectivity index (χ2v) is 6.47. The summed E-state index contributed by atoms with van der Waals surface area (Å²) < 4.78 is 5.40. The van der Waals surface area contributed by atoms with E-state index in [1.807, 2.05) is 29.2 Å². The number of carboxylic acids is 1. The summed E-state index contributed by atoms with van der Waals surface area (Å²) in [5.41, 5.74) is 1.10. The summed E-state index contributed by atoms with van der Waals surface area (Å²) in [5, 5.41) is 9.18. The van der Waals surface area contributed by atoms with E-state index >= 15 is 0 Å². The molecule has 5 nitrogen and oxygen atoms in total. The highest BCUT2D eigenvalue weighted by Gasteiger charge is 2.45. The third kappa shape index (κ3) is 3.05. The number of ether oxygens (including phenoxy) is 1. The molecule has 1 N–H and O–H groups in total.